The van der Waals surface area contributed by atoms with Crippen molar-refractivity contribution in [3.05, 3.63) is 223 Å². The molecular formula is C59H41N3. The van der Waals surface area contributed by atoms with Gasteiger partial charge in [0.2, 0.25) is 0 Å². The van der Waals surface area contributed by atoms with Crippen LogP contribution in [0.3, 0.4) is 0 Å². The summed E-state index contributed by atoms with van der Waals surface area (Å²) < 4.78 is 2.32. The van der Waals surface area contributed by atoms with Gasteiger partial charge in [-0.05, 0) is 103 Å². The molecule has 1 aliphatic rings. The van der Waals surface area contributed by atoms with Gasteiger partial charge >= 0.3 is 0 Å². The van der Waals surface area contributed by atoms with Crippen LogP contribution in [0.15, 0.2) is 212 Å². The predicted molar refractivity (Wildman–Crippen MR) is 259 cm³/mol. The van der Waals surface area contributed by atoms with E-state index in [4.69, 9.17) is 9.97 Å². The van der Waals surface area contributed by atoms with Crippen LogP contribution in [0.5, 0.6) is 0 Å². The third-order valence-electron chi connectivity index (χ3n) is 13.0. The van der Waals surface area contributed by atoms with E-state index in [1.807, 2.05) is 6.07 Å². The molecule has 62 heavy (non-hydrogen) atoms. The fourth-order valence-electron chi connectivity index (χ4n) is 9.84. The van der Waals surface area contributed by atoms with E-state index >= 15 is 0 Å². The molecule has 12 rings (SSSR count). The van der Waals surface area contributed by atoms with Crippen LogP contribution in [0.2, 0.25) is 0 Å². The Bertz CT molecular complexity index is 3410. The SMILES string of the molecule is CC1(C)c2cc3ccccc3cc2-c2c(-c3ccc(-c4cc(-n5c6ccc(-c7ccccc7)cc6c6cc(-c7ccccc7)ccc65)nc(-c5ccccc5)n4)cc3)cccc21. The van der Waals surface area contributed by atoms with Crippen LogP contribution in [0.4, 0.5) is 0 Å². The Kier molecular flexibility index (Phi) is 8.20. The third-order valence-corrected chi connectivity index (χ3v) is 13.0. The molecule has 2 heterocycles. The molecule has 3 heteroatoms. The van der Waals surface area contributed by atoms with Crippen molar-refractivity contribution in [2.75, 3.05) is 0 Å². The van der Waals surface area contributed by atoms with E-state index in [0.717, 1.165) is 33.7 Å². The van der Waals surface area contributed by atoms with Crippen molar-refractivity contribution in [3.63, 3.8) is 0 Å². The van der Waals surface area contributed by atoms with Crippen LogP contribution < -0.4 is 0 Å². The highest BCUT2D eigenvalue weighted by Crippen LogP contribution is 2.53. The van der Waals surface area contributed by atoms with Gasteiger partial charge in [-0.2, -0.15) is 0 Å². The molecule has 292 valence electrons. The molecule has 0 N–H and O–H groups in total. The highest BCUT2D eigenvalue weighted by molar-refractivity contribution is 6.11. The van der Waals surface area contributed by atoms with E-state index in [1.54, 1.807) is 0 Å². The van der Waals surface area contributed by atoms with E-state index < -0.39 is 0 Å². The third kappa shape index (κ3) is 5.81. The number of nitrogens with zero attached hydrogens (tertiary/aromatic N) is 3. The van der Waals surface area contributed by atoms with Crippen molar-refractivity contribution < 1.29 is 0 Å². The lowest BCUT2D eigenvalue weighted by molar-refractivity contribution is 0.661. The van der Waals surface area contributed by atoms with Gasteiger partial charge in [0.1, 0.15) is 5.82 Å². The number of rotatable bonds is 6. The number of hydrogen-bond acceptors (Lipinski definition) is 2. The lowest BCUT2D eigenvalue weighted by Gasteiger charge is -2.22. The van der Waals surface area contributed by atoms with Crippen molar-refractivity contribution >= 4 is 32.6 Å². The van der Waals surface area contributed by atoms with Crippen LogP contribution in [-0.2, 0) is 5.41 Å². The zero-order valence-corrected chi connectivity index (χ0v) is 34.5. The largest absolute Gasteiger partial charge is 0.294 e. The molecule has 0 saturated carbocycles. The van der Waals surface area contributed by atoms with Crippen molar-refractivity contribution in [1.82, 2.24) is 14.5 Å². The Morgan fingerprint density at radius 3 is 1.52 bits per heavy atom. The number of benzene rings is 9. The Balaban J connectivity index is 1.02. The molecule has 0 fully saturated rings. The molecule has 0 spiro atoms. The maximum atomic E-state index is 5.35. The molecule has 0 unspecified atom stereocenters. The summed E-state index contributed by atoms with van der Waals surface area (Å²) in [5, 5.41) is 4.91. The van der Waals surface area contributed by atoms with Gasteiger partial charge in [0.15, 0.2) is 5.82 Å². The summed E-state index contributed by atoms with van der Waals surface area (Å²) in [5.74, 6) is 1.51. The van der Waals surface area contributed by atoms with E-state index in [-0.39, 0.29) is 5.41 Å². The Morgan fingerprint density at radius 2 is 0.903 bits per heavy atom. The second-order valence-electron chi connectivity index (χ2n) is 17.0. The van der Waals surface area contributed by atoms with Gasteiger partial charge in [0.05, 0.1) is 16.7 Å². The average molecular weight is 792 g/mol. The zero-order valence-electron chi connectivity index (χ0n) is 34.5. The van der Waals surface area contributed by atoms with Crippen LogP contribution >= 0.6 is 0 Å². The second-order valence-corrected chi connectivity index (χ2v) is 17.0. The Hall–Kier alpha value is -7.88. The minimum absolute atomic E-state index is 0.102. The monoisotopic (exact) mass is 791 g/mol. The van der Waals surface area contributed by atoms with Crippen LogP contribution in [0.1, 0.15) is 25.0 Å². The molecule has 3 nitrogen and oxygen atoms in total. The Morgan fingerprint density at radius 1 is 0.371 bits per heavy atom. The molecule has 0 saturated heterocycles. The van der Waals surface area contributed by atoms with E-state index in [1.165, 1.54) is 77.2 Å². The summed E-state index contributed by atoms with van der Waals surface area (Å²) in [4.78, 5) is 10.6. The van der Waals surface area contributed by atoms with Crippen LogP contribution in [0.25, 0.3) is 106 Å². The van der Waals surface area contributed by atoms with Crippen LogP contribution in [-0.4, -0.2) is 14.5 Å². The minimum Gasteiger partial charge on any atom is -0.294 e. The van der Waals surface area contributed by atoms with Crippen molar-refractivity contribution in [1.29, 1.82) is 0 Å². The van der Waals surface area contributed by atoms with Crippen molar-refractivity contribution in [2.24, 2.45) is 0 Å². The first-order chi connectivity index (χ1) is 30.5. The standard InChI is InChI=1S/C59H41N3/c1-59(2)51-24-14-23-47(57(51)50-35-43-21-12-13-22-44(43)36-52(50)59)40-25-27-41(28-26-40)53-37-56(61-58(60-53)42-19-10-5-11-20-42)62-54-31-29-45(38-15-6-3-7-16-38)33-48(54)49-34-46(30-32-55(49)62)39-17-8-4-9-18-39/h3-37H,1-2H3. The van der Waals surface area contributed by atoms with E-state index in [9.17, 15) is 0 Å². The summed E-state index contributed by atoms with van der Waals surface area (Å²) in [7, 11) is 0. The summed E-state index contributed by atoms with van der Waals surface area (Å²) in [6.45, 7) is 4.72. The smallest absolute Gasteiger partial charge is 0.162 e. The van der Waals surface area contributed by atoms with E-state index in [2.05, 4.69) is 225 Å². The molecular weight excluding hydrogens is 751 g/mol. The number of aromatic nitrogens is 3. The van der Waals surface area contributed by atoms with Gasteiger partial charge < -0.3 is 0 Å². The number of hydrogen-bond donors (Lipinski definition) is 0. The molecule has 0 aliphatic heterocycles. The van der Waals surface area contributed by atoms with E-state index in [0.29, 0.717) is 5.82 Å². The molecule has 11 aromatic rings. The van der Waals surface area contributed by atoms with Crippen LogP contribution in [0, 0.1) is 0 Å². The fourth-order valence-corrected chi connectivity index (χ4v) is 9.84. The molecule has 0 atom stereocenters. The Labute approximate surface area is 361 Å². The van der Waals surface area contributed by atoms with Gasteiger partial charge in [-0.15, -0.1) is 0 Å². The molecule has 0 radical (unpaired) electrons. The van der Waals surface area contributed by atoms with Gasteiger partial charge in [0, 0.05) is 33.4 Å². The van der Waals surface area contributed by atoms with Gasteiger partial charge in [0.25, 0.3) is 0 Å². The summed E-state index contributed by atoms with van der Waals surface area (Å²) in [5.41, 5.74) is 17.6. The first-order valence-corrected chi connectivity index (χ1v) is 21.4. The molecule has 9 aromatic carbocycles. The summed E-state index contributed by atoms with van der Waals surface area (Å²) in [6, 6.07) is 76.6. The first-order valence-electron chi connectivity index (χ1n) is 21.4. The molecule has 2 aromatic heterocycles. The summed E-state index contributed by atoms with van der Waals surface area (Å²) in [6.07, 6.45) is 0. The second kappa shape index (κ2) is 14.1. The molecule has 0 bridgehead atoms. The quantitative estimate of drug-likeness (QED) is 0.168. The molecule has 1 aliphatic carbocycles. The zero-order chi connectivity index (χ0) is 41.4. The highest BCUT2D eigenvalue weighted by Gasteiger charge is 2.37. The average Bonchev–Trinajstić information content (AvgIpc) is 3.78. The van der Waals surface area contributed by atoms with Crippen molar-refractivity contribution in [2.45, 2.75) is 19.3 Å². The normalized spacial score (nSPS) is 12.8. The predicted octanol–water partition coefficient (Wildman–Crippen LogP) is 15.4. The lowest BCUT2D eigenvalue weighted by atomic mass is 9.81. The lowest BCUT2D eigenvalue weighted by Crippen LogP contribution is -2.14. The van der Waals surface area contributed by atoms with Crippen molar-refractivity contribution in [3.8, 4) is 73.0 Å². The highest BCUT2D eigenvalue weighted by atomic mass is 15.1. The van der Waals surface area contributed by atoms with Gasteiger partial charge in [-0.3, -0.25) is 4.57 Å². The maximum Gasteiger partial charge on any atom is 0.162 e. The topological polar surface area (TPSA) is 30.7 Å². The number of fused-ring (bicyclic) bond motifs is 7. The van der Waals surface area contributed by atoms with Gasteiger partial charge in [-0.25, -0.2) is 9.97 Å². The maximum absolute atomic E-state index is 5.35. The molecule has 0 amide bonds. The first kappa shape index (κ1) is 36.0. The summed E-state index contributed by atoms with van der Waals surface area (Å²) >= 11 is 0. The minimum atomic E-state index is -0.102. The van der Waals surface area contributed by atoms with Gasteiger partial charge in [-0.1, -0.05) is 184 Å². The fraction of sp³-hybridized carbons (Fsp3) is 0.0508.